The van der Waals surface area contributed by atoms with E-state index in [0.717, 1.165) is 0 Å². The molecule has 0 saturated carbocycles. The Morgan fingerprint density at radius 2 is 1.94 bits per heavy atom. The summed E-state index contributed by atoms with van der Waals surface area (Å²) in [6.07, 6.45) is 0. The highest BCUT2D eigenvalue weighted by atomic mass is 35.5. The number of anilines is 1. The van der Waals surface area contributed by atoms with Gasteiger partial charge in [-0.05, 0) is 19.9 Å². The molecule has 0 fully saturated rings. The molecule has 0 spiro atoms. The van der Waals surface area contributed by atoms with Crippen molar-refractivity contribution in [2.24, 2.45) is 0 Å². The summed E-state index contributed by atoms with van der Waals surface area (Å²) in [6.45, 7) is 5.39. The van der Waals surface area contributed by atoms with Crippen molar-refractivity contribution < 1.29 is 4.74 Å². The summed E-state index contributed by atoms with van der Waals surface area (Å²) in [5, 5.41) is 1.11. The van der Waals surface area contributed by atoms with Crippen LogP contribution < -0.4 is 4.90 Å². The van der Waals surface area contributed by atoms with Gasteiger partial charge < -0.3 is 9.64 Å². The third kappa shape index (κ3) is 3.88. The number of nitrogens with zero attached hydrogens (tertiary/aromatic N) is 2. The van der Waals surface area contributed by atoms with Crippen molar-refractivity contribution in [3.8, 4) is 0 Å². The van der Waals surface area contributed by atoms with Gasteiger partial charge in [-0.3, -0.25) is 0 Å². The standard InChI is InChI=1S/C11H15Cl3N2O/c1-7(2)16(4-5-17-3)11-9(13)6-8(12)10(14)15-11/h6-7H,4-5H2,1-3H3. The first-order valence-electron chi connectivity index (χ1n) is 5.24. The Morgan fingerprint density at radius 1 is 1.29 bits per heavy atom. The highest BCUT2D eigenvalue weighted by Crippen LogP contribution is 2.31. The predicted octanol–water partition coefficient (Wildman–Crippen LogP) is 3.90. The van der Waals surface area contributed by atoms with Crippen LogP contribution in [0.1, 0.15) is 13.8 Å². The van der Waals surface area contributed by atoms with Crippen LogP contribution in [0.2, 0.25) is 15.2 Å². The van der Waals surface area contributed by atoms with Gasteiger partial charge in [0.15, 0.2) is 0 Å². The van der Waals surface area contributed by atoms with E-state index in [2.05, 4.69) is 18.8 Å². The molecule has 6 heteroatoms. The summed E-state index contributed by atoms with van der Waals surface area (Å²) >= 11 is 17.9. The fourth-order valence-electron chi connectivity index (χ4n) is 1.43. The largest absolute Gasteiger partial charge is 0.383 e. The zero-order chi connectivity index (χ0) is 13.0. The average Bonchev–Trinajstić information content (AvgIpc) is 2.25. The molecule has 0 radical (unpaired) electrons. The molecule has 1 aromatic heterocycles. The number of halogens is 3. The Morgan fingerprint density at radius 3 is 2.47 bits per heavy atom. The summed E-state index contributed by atoms with van der Waals surface area (Å²) in [4.78, 5) is 6.24. The molecule has 0 N–H and O–H groups in total. The van der Waals surface area contributed by atoms with Crippen molar-refractivity contribution in [2.45, 2.75) is 19.9 Å². The highest BCUT2D eigenvalue weighted by molar-refractivity contribution is 6.42. The maximum atomic E-state index is 6.13. The first kappa shape index (κ1) is 14.8. The summed E-state index contributed by atoms with van der Waals surface area (Å²) in [6, 6.07) is 1.85. The molecule has 96 valence electrons. The van der Waals surface area contributed by atoms with Crippen LogP contribution in [0.25, 0.3) is 0 Å². The van der Waals surface area contributed by atoms with Crippen molar-refractivity contribution in [1.29, 1.82) is 0 Å². The number of rotatable bonds is 5. The zero-order valence-electron chi connectivity index (χ0n) is 10.0. The van der Waals surface area contributed by atoms with Crippen LogP contribution in [0.15, 0.2) is 6.07 Å². The van der Waals surface area contributed by atoms with Gasteiger partial charge in [0.1, 0.15) is 11.0 Å². The second-order valence-corrected chi connectivity index (χ2v) is 5.02. The first-order chi connectivity index (χ1) is 7.97. The quantitative estimate of drug-likeness (QED) is 0.771. The van der Waals surface area contributed by atoms with E-state index in [1.54, 1.807) is 13.2 Å². The van der Waals surface area contributed by atoms with E-state index < -0.39 is 0 Å². The molecule has 3 nitrogen and oxygen atoms in total. The lowest BCUT2D eigenvalue weighted by molar-refractivity contribution is 0.203. The van der Waals surface area contributed by atoms with Crippen LogP contribution in [-0.4, -0.2) is 31.3 Å². The molecule has 1 rings (SSSR count). The van der Waals surface area contributed by atoms with Crippen LogP contribution in [0.5, 0.6) is 0 Å². The Kier molecular flexibility index (Phi) is 5.80. The molecule has 0 amide bonds. The number of pyridine rings is 1. The van der Waals surface area contributed by atoms with E-state index in [1.165, 1.54) is 0 Å². The predicted molar refractivity (Wildman–Crippen MR) is 73.6 cm³/mol. The lowest BCUT2D eigenvalue weighted by Crippen LogP contribution is -2.34. The molecule has 1 aromatic rings. The van der Waals surface area contributed by atoms with E-state index in [4.69, 9.17) is 39.5 Å². The number of hydrogen-bond acceptors (Lipinski definition) is 3. The summed E-state index contributed by atoms with van der Waals surface area (Å²) < 4.78 is 5.07. The van der Waals surface area contributed by atoms with Gasteiger partial charge in [0.05, 0.1) is 16.7 Å². The van der Waals surface area contributed by atoms with E-state index >= 15 is 0 Å². The van der Waals surface area contributed by atoms with E-state index in [9.17, 15) is 0 Å². The van der Waals surface area contributed by atoms with Crippen LogP contribution in [0, 0.1) is 0 Å². The molecule has 1 heterocycles. The van der Waals surface area contributed by atoms with Gasteiger partial charge in [-0.15, -0.1) is 0 Å². The van der Waals surface area contributed by atoms with Crippen molar-refractivity contribution in [1.82, 2.24) is 4.98 Å². The molecule has 0 aliphatic rings. The van der Waals surface area contributed by atoms with Gasteiger partial charge >= 0.3 is 0 Å². The summed E-state index contributed by atoms with van der Waals surface area (Å²) in [5.74, 6) is 0.633. The molecule has 0 bridgehead atoms. The lowest BCUT2D eigenvalue weighted by Gasteiger charge is -2.28. The highest BCUT2D eigenvalue weighted by Gasteiger charge is 2.17. The molecule has 0 unspecified atom stereocenters. The van der Waals surface area contributed by atoms with Gasteiger partial charge in [-0.1, -0.05) is 34.8 Å². The third-order valence-electron chi connectivity index (χ3n) is 2.30. The topological polar surface area (TPSA) is 25.4 Å². The Labute approximate surface area is 117 Å². The van der Waals surface area contributed by atoms with E-state index in [0.29, 0.717) is 29.0 Å². The second-order valence-electron chi connectivity index (χ2n) is 3.85. The smallest absolute Gasteiger partial charge is 0.150 e. The van der Waals surface area contributed by atoms with Gasteiger partial charge in [-0.25, -0.2) is 4.98 Å². The summed E-state index contributed by atoms with van der Waals surface area (Å²) in [5.41, 5.74) is 0. The van der Waals surface area contributed by atoms with Crippen LogP contribution in [0.4, 0.5) is 5.82 Å². The molecule has 0 aliphatic carbocycles. The lowest BCUT2D eigenvalue weighted by atomic mass is 10.3. The van der Waals surface area contributed by atoms with Crippen LogP contribution >= 0.6 is 34.8 Å². The minimum atomic E-state index is 0.243. The Hall–Kier alpha value is -0.220. The molecule has 0 aliphatic heterocycles. The SMILES string of the molecule is COCCN(c1nc(Cl)c(Cl)cc1Cl)C(C)C. The second kappa shape index (κ2) is 6.64. The Balaban J connectivity index is 3.05. The maximum Gasteiger partial charge on any atom is 0.150 e. The molecule has 0 aromatic carbocycles. The van der Waals surface area contributed by atoms with Crippen molar-refractivity contribution in [3.63, 3.8) is 0 Å². The summed E-state index contributed by atoms with van der Waals surface area (Å²) in [7, 11) is 1.66. The van der Waals surface area contributed by atoms with Crippen molar-refractivity contribution in [3.05, 3.63) is 21.3 Å². The molecular weight excluding hydrogens is 282 g/mol. The monoisotopic (exact) mass is 296 g/mol. The van der Waals surface area contributed by atoms with Crippen molar-refractivity contribution in [2.75, 3.05) is 25.2 Å². The molecular formula is C11H15Cl3N2O. The van der Waals surface area contributed by atoms with Gasteiger partial charge in [0.2, 0.25) is 0 Å². The number of ether oxygens (including phenoxy) is 1. The average molecular weight is 298 g/mol. The van der Waals surface area contributed by atoms with Crippen LogP contribution in [0.3, 0.4) is 0 Å². The van der Waals surface area contributed by atoms with Gasteiger partial charge in [0, 0.05) is 19.7 Å². The first-order valence-corrected chi connectivity index (χ1v) is 6.38. The van der Waals surface area contributed by atoms with E-state index in [-0.39, 0.29) is 11.2 Å². The number of methoxy groups -OCH3 is 1. The van der Waals surface area contributed by atoms with E-state index in [1.807, 2.05) is 4.90 Å². The van der Waals surface area contributed by atoms with Crippen molar-refractivity contribution >= 4 is 40.6 Å². The van der Waals surface area contributed by atoms with Gasteiger partial charge in [-0.2, -0.15) is 0 Å². The molecule has 0 atom stereocenters. The zero-order valence-corrected chi connectivity index (χ0v) is 12.3. The molecule has 17 heavy (non-hydrogen) atoms. The van der Waals surface area contributed by atoms with Gasteiger partial charge in [0.25, 0.3) is 0 Å². The Bertz CT molecular complexity index is 385. The number of aromatic nitrogens is 1. The van der Waals surface area contributed by atoms with Crippen LogP contribution in [-0.2, 0) is 4.74 Å². The fourth-order valence-corrected chi connectivity index (χ4v) is 2.04. The molecule has 0 saturated heterocycles. The maximum absolute atomic E-state index is 6.13. The number of hydrogen-bond donors (Lipinski definition) is 0. The minimum Gasteiger partial charge on any atom is -0.383 e. The minimum absolute atomic E-state index is 0.243. The third-order valence-corrected chi connectivity index (χ3v) is 3.25. The fraction of sp³-hybridized carbons (Fsp3) is 0.545. The normalized spacial score (nSPS) is 11.0.